The molecule has 2 aromatic rings. The lowest BCUT2D eigenvalue weighted by Gasteiger charge is -2.41. The van der Waals surface area contributed by atoms with Crippen molar-refractivity contribution in [3.63, 3.8) is 0 Å². The van der Waals surface area contributed by atoms with E-state index in [4.69, 9.17) is 5.26 Å². The number of aliphatic imine (C=N–C) groups is 1. The first-order valence-corrected chi connectivity index (χ1v) is 10.1. The summed E-state index contributed by atoms with van der Waals surface area (Å²) >= 11 is 0. The predicted molar refractivity (Wildman–Crippen MR) is 116 cm³/mol. The fourth-order valence-electron chi connectivity index (χ4n) is 4.09. The van der Waals surface area contributed by atoms with Gasteiger partial charge in [-0.1, -0.05) is 42.5 Å². The molecule has 0 spiro atoms. The standard InChI is InChI=1S/C23H27N5O2/c1-25-22(27-16-24)28-18-11-13-23(14-12-18,17-7-3-2-4-8-17)15-26-21(30)19-9-5-6-10-20(19)29/h2-10,18,29H,11-15H2,1H3,(H,26,30)(H2,25,27,28)/t18-,23-. The zero-order valence-corrected chi connectivity index (χ0v) is 17.1. The predicted octanol–water partition coefficient (Wildman–Crippen LogP) is 2.65. The lowest BCUT2D eigenvalue weighted by molar-refractivity contribution is 0.0932. The molecule has 7 heteroatoms. The van der Waals surface area contributed by atoms with E-state index in [9.17, 15) is 9.90 Å². The van der Waals surface area contributed by atoms with Gasteiger partial charge in [0, 0.05) is 25.0 Å². The summed E-state index contributed by atoms with van der Waals surface area (Å²) in [4.78, 5) is 16.4. The number of rotatable bonds is 5. The SMILES string of the molecule is CN/C(=N\C#N)N[C@H]1CC[C@](CNC(=O)c2ccccc2O)(c2ccccc2)CC1. The molecule has 30 heavy (non-hydrogen) atoms. The maximum absolute atomic E-state index is 12.7. The number of phenolic OH excluding ortho intramolecular Hbond substituents is 1. The normalized spacial score (nSPS) is 21.3. The maximum Gasteiger partial charge on any atom is 0.255 e. The van der Waals surface area contributed by atoms with Crippen molar-refractivity contribution in [3.05, 3.63) is 65.7 Å². The van der Waals surface area contributed by atoms with Gasteiger partial charge in [0.25, 0.3) is 5.91 Å². The zero-order chi connectivity index (χ0) is 21.4. The molecule has 7 nitrogen and oxygen atoms in total. The minimum Gasteiger partial charge on any atom is -0.507 e. The third-order valence-electron chi connectivity index (χ3n) is 5.80. The van der Waals surface area contributed by atoms with Crippen LogP contribution in [0.4, 0.5) is 0 Å². The molecule has 1 fully saturated rings. The number of hydrogen-bond donors (Lipinski definition) is 4. The Morgan fingerprint density at radius 1 is 1.17 bits per heavy atom. The number of guanidine groups is 1. The first-order chi connectivity index (χ1) is 14.6. The molecule has 0 bridgehead atoms. The van der Waals surface area contributed by atoms with Crippen LogP contribution in [0.25, 0.3) is 0 Å². The molecule has 3 rings (SSSR count). The van der Waals surface area contributed by atoms with Crippen LogP contribution in [0.2, 0.25) is 0 Å². The average Bonchev–Trinajstić information content (AvgIpc) is 2.79. The average molecular weight is 406 g/mol. The van der Waals surface area contributed by atoms with E-state index >= 15 is 0 Å². The Hall–Kier alpha value is -3.53. The number of benzene rings is 2. The van der Waals surface area contributed by atoms with Gasteiger partial charge in [-0.3, -0.25) is 4.79 Å². The van der Waals surface area contributed by atoms with E-state index in [-0.39, 0.29) is 28.7 Å². The molecule has 1 aliphatic carbocycles. The Kier molecular flexibility index (Phi) is 6.91. The van der Waals surface area contributed by atoms with Gasteiger partial charge in [0.05, 0.1) is 5.56 Å². The van der Waals surface area contributed by atoms with E-state index in [1.54, 1.807) is 31.4 Å². The molecular formula is C23H27N5O2. The van der Waals surface area contributed by atoms with Crippen molar-refractivity contribution in [2.45, 2.75) is 37.1 Å². The Morgan fingerprint density at radius 2 is 1.83 bits per heavy atom. The number of para-hydroxylation sites is 1. The van der Waals surface area contributed by atoms with E-state index in [1.165, 1.54) is 11.6 Å². The summed E-state index contributed by atoms with van der Waals surface area (Å²) in [6, 6.07) is 17.0. The fraction of sp³-hybridized carbons (Fsp3) is 0.348. The van der Waals surface area contributed by atoms with Gasteiger partial charge in [0.1, 0.15) is 5.75 Å². The van der Waals surface area contributed by atoms with Crippen LogP contribution in [0.15, 0.2) is 59.6 Å². The quantitative estimate of drug-likeness (QED) is 0.347. The number of nitrogens with one attached hydrogen (secondary N) is 3. The van der Waals surface area contributed by atoms with Crippen molar-refractivity contribution < 1.29 is 9.90 Å². The highest BCUT2D eigenvalue weighted by molar-refractivity contribution is 5.96. The third-order valence-corrected chi connectivity index (χ3v) is 5.80. The number of carbonyl (C=O) groups is 1. The number of hydrogen-bond acceptors (Lipinski definition) is 4. The van der Waals surface area contributed by atoms with Crippen LogP contribution in [-0.4, -0.2) is 36.6 Å². The highest BCUT2D eigenvalue weighted by Crippen LogP contribution is 2.39. The molecule has 0 aliphatic heterocycles. The molecule has 1 saturated carbocycles. The first-order valence-electron chi connectivity index (χ1n) is 10.1. The van der Waals surface area contributed by atoms with E-state index < -0.39 is 0 Å². The first kappa shape index (κ1) is 21.2. The van der Waals surface area contributed by atoms with Crippen LogP contribution in [0.3, 0.4) is 0 Å². The third kappa shape index (κ3) is 4.90. The summed E-state index contributed by atoms with van der Waals surface area (Å²) in [6.07, 6.45) is 5.31. The van der Waals surface area contributed by atoms with Gasteiger partial charge < -0.3 is 21.1 Å². The molecule has 156 valence electrons. The Labute approximate surface area is 176 Å². The van der Waals surface area contributed by atoms with Gasteiger partial charge in [-0.05, 0) is 43.4 Å². The molecule has 1 amide bonds. The van der Waals surface area contributed by atoms with Crippen molar-refractivity contribution in [1.29, 1.82) is 5.26 Å². The molecule has 1 aliphatic rings. The summed E-state index contributed by atoms with van der Waals surface area (Å²) in [5.41, 5.74) is 1.29. The Bertz CT molecular complexity index is 928. The Balaban J connectivity index is 1.73. The lowest BCUT2D eigenvalue weighted by Crippen LogP contribution is -2.49. The minimum absolute atomic E-state index is 0.0203. The minimum atomic E-state index is -0.276. The summed E-state index contributed by atoms with van der Waals surface area (Å²) in [5, 5.41) is 28.0. The van der Waals surface area contributed by atoms with Crippen molar-refractivity contribution in [2.24, 2.45) is 4.99 Å². The molecule has 0 aromatic heterocycles. The molecule has 4 N–H and O–H groups in total. The van der Waals surface area contributed by atoms with E-state index in [1.807, 2.05) is 18.2 Å². The monoisotopic (exact) mass is 405 g/mol. The molecule has 0 unspecified atom stereocenters. The zero-order valence-electron chi connectivity index (χ0n) is 17.1. The van der Waals surface area contributed by atoms with Crippen LogP contribution < -0.4 is 16.0 Å². The number of amides is 1. The number of nitrogens with zero attached hydrogens (tertiary/aromatic N) is 2. The number of aromatic hydroxyl groups is 1. The van der Waals surface area contributed by atoms with Gasteiger partial charge in [-0.2, -0.15) is 5.26 Å². The number of carbonyl (C=O) groups excluding carboxylic acids is 1. The Morgan fingerprint density at radius 3 is 2.47 bits per heavy atom. The highest BCUT2D eigenvalue weighted by Gasteiger charge is 2.37. The van der Waals surface area contributed by atoms with Crippen molar-refractivity contribution >= 4 is 11.9 Å². The van der Waals surface area contributed by atoms with E-state index in [2.05, 4.69) is 33.1 Å². The van der Waals surface area contributed by atoms with Crippen LogP contribution >= 0.6 is 0 Å². The van der Waals surface area contributed by atoms with E-state index in [0.717, 1.165) is 25.7 Å². The number of nitriles is 1. The van der Waals surface area contributed by atoms with Crippen LogP contribution in [0.1, 0.15) is 41.6 Å². The molecule has 0 atom stereocenters. The van der Waals surface area contributed by atoms with Gasteiger partial charge in [0.2, 0.25) is 12.2 Å². The summed E-state index contributed by atoms with van der Waals surface area (Å²) in [7, 11) is 1.73. The fourth-order valence-corrected chi connectivity index (χ4v) is 4.09. The maximum atomic E-state index is 12.7. The van der Waals surface area contributed by atoms with Crippen molar-refractivity contribution in [1.82, 2.24) is 16.0 Å². The molecular weight excluding hydrogens is 378 g/mol. The van der Waals surface area contributed by atoms with Gasteiger partial charge in [-0.25, -0.2) is 0 Å². The summed E-state index contributed by atoms with van der Waals surface area (Å²) < 4.78 is 0. The van der Waals surface area contributed by atoms with Gasteiger partial charge in [0.15, 0.2) is 0 Å². The van der Waals surface area contributed by atoms with Crippen molar-refractivity contribution in [2.75, 3.05) is 13.6 Å². The topological polar surface area (TPSA) is 110 Å². The summed E-state index contributed by atoms with van der Waals surface area (Å²) in [6.45, 7) is 0.488. The highest BCUT2D eigenvalue weighted by atomic mass is 16.3. The van der Waals surface area contributed by atoms with Gasteiger partial charge >= 0.3 is 0 Å². The summed E-state index contributed by atoms with van der Waals surface area (Å²) in [5.74, 6) is 0.179. The van der Waals surface area contributed by atoms with Crippen LogP contribution in [0, 0.1) is 11.5 Å². The largest absolute Gasteiger partial charge is 0.507 e. The van der Waals surface area contributed by atoms with Gasteiger partial charge in [-0.15, -0.1) is 4.99 Å². The molecule has 0 heterocycles. The smallest absolute Gasteiger partial charge is 0.255 e. The molecule has 0 radical (unpaired) electrons. The van der Waals surface area contributed by atoms with Crippen molar-refractivity contribution in [3.8, 4) is 11.9 Å². The molecule has 0 saturated heterocycles. The second kappa shape index (κ2) is 9.79. The van der Waals surface area contributed by atoms with Crippen LogP contribution in [-0.2, 0) is 5.41 Å². The van der Waals surface area contributed by atoms with E-state index in [0.29, 0.717) is 12.5 Å². The second-order valence-corrected chi connectivity index (χ2v) is 7.58. The van der Waals surface area contributed by atoms with Crippen LogP contribution in [0.5, 0.6) is 5.75 Å². The lowest BCUT2D eigenvalue weighted by atomic mass is 9.68. The second-order valence-electron chi connectivity index (χ2n) is 7.58. The molecule has 2 aromatic carbocycles. The number of phenols is 1.